The molecule has 0 radical (unpaired) electrons. The van der Waals surface area contributed by atoms with Gasteiger partial charge >= 0.3 is 5.97 Å². The average molecular weight is 380 g/mol. The van der Waals surface area contributed by atoms with E-state index in [1.54, 1.807) is 17.1 Å². The molecule has 1 N–H and O–H groups in total. The summed E-state index contributed by atoms with van der Waals surface area (Å²) < 4.78 is 1.74. The Kier molecular flexibility index (Phi) is 4.77. The predicted molar refractivity (Wildman–Crippen MR) is 105 cm³/mol. The lowest BCUT2D eigenvalue weighted by atomic mass is 10.0. The summed E-state index contributed by atoms with van der Waals surface area (Å²) in [4.78, 5) is 15.9. The van der Waals surface area contributed by atoms with Crippen LogP contribution in [0.2, 0.25) is 5.02 Å². The number of halogens is 1. The predicted octanol–water partition coefficient (Wildman–Crippen LogP) is 4.89. The first-order chi connectivity index (χ1) is 13.1. The van der Waals surface area contributed by atoms with Crippen LogP contribution in [0.25, 0.3) is 17.3 Å². The van der Waals surface area contributed by atoms with Gasteiger partial charge in [0.05, 0.1) is 11.4 Å². The number of rotatable bonds is 3. The first-order valence-corrected chi connectivity index (χ1v) is 9.23. The average Bonchev–Trinajstić information content (AvgIpc) is 2.95. The van der Waals surface area contributed by atoms with Crippen molar-refractivity contribution in [3.63, 3.8) is 0 Å². The zero-order valence-corrected chi connectivity index (χ0v) is 15.4. The van der Waals surface area contributed by atoms with E-state index >= 15 is 0 Å². The van der Waals surface area contributed by atoms with Gasteiger partial charge in [-0.15, -0.1) is 0 Å². The SMILES string of the molecule is O=C(O)c1nn(-c2ccncc2)c2c1CCCC/C2=C\c1ccc(Cl)cc1. The van der Waals surface area contributed by atoms with E-state index < -0.39 is 5.97 Å². The number of nitrogens with zero attached hydrogens (tertiary/aromatic N) is 3. The second kappa shape index (κ2) is 7.37. The van der Waals surface area contributed by atoms with Crippen molar-refractivity contribution in [2.24, 2.45) is 0 Å². The zero-order valence-electron chi connectivity index (χ0n) is 14.6. The zero-order chi connectivity index (χ0) is 18.8. The van der Waals surface area contributed by atoms with Gasteiger partial charge in [-0.3, -0.25) is 4.98 Å². The number of aromatic carboxylic acids is 1. The van der Waals surface area contributed by atoms with E-state index in [1.807, 2.05) is 36.4 Å². The highest BCUT2D eigenvalue weighted by molar-refractivity contribution is 6.30. The maximum absolute atomic E-state index is 11.8. The molecule has 0 unspecified atom stereocenters. The summed E-state index contributed by atoms with van der Waals surface area (Å²) >= 11 is 6.00. The molecule has 4 rings (SSSR count). The summed E-state index contributed by atoms with van der Waals surface area (Å²) in [6.45, 7) is 0. The molecule has 1 aliphatic rings. The molecule has 0 amide bonds. The van der Waals surface area contributed by atoms with Gasteiger partial charge in [0.15, 0.2) is 5.69 Å². The first kappa shape index (κ1) is 17.5. The van der Waals surface area contributed by atoms with Crippen LogP contribution in [0.15, 0.2) is 48.8 Å². The van der Waals surface area contributed by atoms with Gasteiger partial charge in [-0.1, -0.05) is 23.7 Å². The number of benzene rings is 1. The summed E-state index contributed by atoms with van der Waals surface area (Å²) in [7, 11) is 0. The van der Waals surface area contributed by atoms with Crippen molar-refractivity contribution in [3.05, 3.63) is 76.3 Å². The normalized spacial score (nSPS) is 15.4. The third-order valence-corrected chi connectivity index (χ3v) is 4.98. The quantitative estimate of drug-likeness (QED) is 0.658. The van der Waals surface area contributed by atoms with Gasteiger partial charge in [-0.05, 0) is 67.2 Å². The molecule has 0 saturated carbocycles. The van der Waals surface area contributed by atoms with Crippen molar-refractivity contribution < 1.29 is 9.90 Å². The number of fused-ring (bicyclic) bond motifs is 1. The minimum absolute atomic E-state index is 0.130. The fraction of sp³-hybridized carbons (Fsp3) is 0.190. The molecule has 2 heterocycles. The first-order valence-electron chi connectivity index (χ1n) is 8.85. The monoisotopic (exact) mass is 379 g/mol. The van der Waals surface area contributed by atoms with Crippen molar-refractivity contribution in [3.8, 4) is 5.69 Å². The second-order valence-electron chi connectivity index (χ2n) is 6.53. The van der Waals surface area contributed by atoms with E-state index in [0.29, 0.717) is 11.4 Å². The number of pyridine rings is 1. The standard InChI is InChI=1S/C21H18ClN3O2/c22-16-7-5-14(6-8-16)13-15-3-1-2-4-18-19(21(26)27)24-25(20(15)18)17-9-11-23-12-10-17/h5-13H,1-4H2,(H,26,27)/b15-13+. The Bertz CT molecular complexity index is 1010. The van der Waals surface area contributed by atoms with Crippen LogP contribution in [0.4, 0.5) is 0 Å². The van der Waals surface area contributed by atoms with E-state index in [0.717, 1.165) is 47.3 Å². The van der Waals surface area contributed by atoms with Crippen molar-refractivity contribution in [1.29, 1.82) is 0 Å². The van der Waals surface area contributed by atoms with Crippen LogP contribution in [-0.4, -0.2) is 25.8 Å². The van der Waals surface area contributed by atoms with Gasteiger partial charge in [0.25, 0.3) is 0 Å². The molecule has 1 aliphatic carbocycles. The summed E-state index contributed by atoms with van der Waals surface area (Å²) in [5.74, 6) is -0.994. The molecule has 0 aliphatic heterocycles. The van der Waals surface area contributed by atoms with E-state index in [-0.39, 0.29) is 5.69 Å². The second-order valence-corrected chi connectivity index (χ2v) is 6.96. The molecule has 27 heavy (non-hydrogen) atoms. The number of hydrogen-bond acceptors (Lipinski definition) is 3. The molecule has 136 valence electrons. The highest BCUT2D eigenvalue weighted by atomic mass is 35.5. The van der Waals surface area contributed by atoms with E-state index in [9.17, 15) is 9.90 Å². The molecule has 0 spiro atoms. The van der Waals surface area contributed by atoms with Crippen LogP contribution >= 0.6 is 11.6 Å². The largest absolute Gasteiger partial charge is 0.476 e. The van der Waals surface area contributed by atoms with E-state index in [2.05, 4.69) is 16.2 Å². The number of carboxylic acid groups (broad SMARTS) is 1. The Labute approximate surface area is 161 Å². The van der Waals surface area contributed by atoms with Gasteiger partial charge in [0, 0.05) is 23.0 Å². The third-order valence-electron chi connectivity index (χ3n) is 4.73. The van der Waals surface area contributed by atoms with Crippen molar-refractivity contribution >= 4 is 29.2 Å². The molecule has 1 aromatic carbocycles. The number of carboxylic acids is 1. The minimum atomic E-state index is -0.994. The summed E-state index contributed by atoms with van der Waals surface area (Å²) in [6, 6.07) is 11.3. The maximum atomic E-state index is 11.8. The Hall–Kier alpha value is -2.92. The van der Waals surface area contributed by atoms with Crippen molar-refractivity contribution in [1.82, 2.24) is 14.8 Å². The molecular formula is C21H18ClN3O2. The lowest BCUT2D eigenvalue weighted by Gasteiger charge is -2.11. The number of allylic oxidation sites excluding steroid dienone is 1. The van der Waals surface area contributed by atoms with Crippen molar-refractivity contribution in [2.75, 3.05) is 0 Å². The summed E-state index contributed by atoms with van der Waals surface area (Å²) in [5, 5.41) is 14.8. The highest BCUT2D eigenvalue weighted by Gasteiger charge is 2.27. The summed E-state index contributed by atoms with van der Waals surface area (Å²) in [6.07, 6.45) is 8.99. The maximum Gasteiger partial charge on any atom is 0.356 e. The molecule has 6 heteroatoms. The van der Waals surface area contributed by atoms with Crippen LogP contribution in [0.1, 0.15) is 46.6 Å². The van der Waals surface area contributed by atoms with Crippen LogP contribution in [-0.2, 0) is 6.42 Å². The Morgan fingerprint density at radius 2 is 1.78 bits per heavy atom. The molecule has 0 saturated heterocycles. The highest BCUT2D eigenvalue weighted by Crippen LogP contribution is 2.35. The van der Waals surface area contributed by atoms with E-state index in [4.69, 9.17) is 11.6 Å². The molecule has 0 atom stereocenters. The van der Waals surface area contributed by atoms with Gasteiger partial charge < -0.3 is 5.11 Å². The fourth-order valence-corrected chi connectivity index (χ4v) is 3.62. The van der Waals surface area contributed by atoms with Gasteiger partial charge in [0.2, 0.25) is 0 Å². The number of aromatic nitrogens is 3. The molecule has 3 aromatic rings. The summed E-state index contributed by atoms with van der Waals surface area (Å²) in [5.41, 5.74) is 4.73. The third kappa shape index (κ3) is 3.51. The van der Waals surface area contributed by atoms with Crippen molar-refractivity contribution in [2.45, 2.75) is 25.7 Å². The number of hydrogen-bond donors (Lipinski definition) is 1. The topological polar surface area (TPSA) is 68.0 Å². The van der Waals surface area contributed by atoms with Crippen LogP contribution in [0.5, 0.6) is 0 Å². The smallest absolute Gasteiger partial charge is 0.356 e. The Morgan fingerprint density at radius 1 is 1.07 bits per heavy atom. The molecule has 2 aromatic heterocycles. The van der Waals surface area contributed by atoms with Gasteiger partial charge in [-0.2, -0.15) is 5.10 Å². The lowest BCUT2D eigenvalue weighted by Crippen LogP contribution is -2.04. The molecule has 0 fully saturated rings. The molecule has 5 nitrogen and oxygen atoms in total. The molecule has 0 bridgehead atoms. The van der Waals surface area contributed by atoms with Crippen LogP contribution < -0.4 is 0 Å². The Morgan fingerprint density at radius 3 is 2.48 bits per heavy atom. The van der Waals surface area contributed by atoms with Crippen LogP contribution in [0.3, 0.4) is 0 Å². The number of carbonyl (C=O) groups is 1. The lowest BCUT2D eigenvalue weighted by molar-refractivity contribution is 0.0688. The molecular weight excluding hydrogens is 362 g/mol. The van der Waals surface area contributed by atoms with Gasteiger partial charge in [0.1, 0.15) is 0 Å². The fourth-order valence-electron chi connectivity index (χ4n) is 3.50. The minimum Gasteiger partial charge on any atom is -0.476 e. The van der Waals surface area contributed by atoms with Gasteiger partial charge in [-0.25, -0.2) is 9.48 Å². The van der Waals surface area contributed by atoms with E-state index in [1.165, 1.54) is 0 Å². The Balaban J connectivity index is 1.93. The van der Waals surface area contributed by atoms with Crippen LogP contribution in [0, 0.1) is 0 Å².